The number of aliphatic hydroxyl groups excluding tert-OH is 1. The molecule has 0 spiro atoms. The van der Waals surface area contributed by atoms with Crippen LogP contribution in [-0.2, 0) is 9.53 Å². The summed E-state index contributed by atoms with van der Waals surface area (Å²) >= 11 is 0. The van der Waals surface area contributed by atoms with Crippen molar-refractivity contribution in [1.29, 1.82) is 0 Å². The molecule has 0 amide bonds. The van der Waals surface area contributed by atoms with Crippen molar-refractivity contribution in [3.8, 4) is 0 Å². The fourth-order valence-electron chi connectivity index (χ4n) is 3.86. The van der Waals surface area contributed by atoms with Crippen molar-refractivity contribution >= 4 is 5.97 Å². The van der Waals surface area contributed by atoms with Crippen molar-refractivity contribution < 1.29 is 14.6 Å². The number of esters is 1. The molecule has 0 aliphatic carbocycles. The largest absolute Gasteiger partial charge is 0.436 e. The van der Waals surface area contributed by atoms with Gasteiger partial charge in [0.1, 0.15) is 0 Å². The molecule has 1 N–H and O–H groups in total. The van der Waals surface area contributed by atoms with Gasteiger partial charge in [-0.15, -0.1) is 0 Å². The van der Waals surface area contributed by atoms with Gasteiger partial charge in [0.2, 0.25) is 6.29 Å². The van der Waals surface area contributed by atoms with E-state index in [9.17, 15) is 9.90 Å². The Labute approximate surface area is 182 Å². The molecule has 0 fully saturated rings. The number of carbonyl (C=O) groups is 1. The van der Waals surface area contributed by atoms with Gasteiger partial charge in [0.25, 0.3) is 0 Å². The topological polar surface area (TPSA) is 46.5 Å². The zero-order valence-electron chi connectivity index (χ0n) is 19.9. The van der Waals surface area contributed by atoms with Gasteiger partial charge >= 0.3 is 5.97 Å². The molecule has 0 aromatic rings. The van der Waals surface area contributed by atoms with Crippen LogP contribution in [0.1, 0.15) is 155 Å². The third kappa shape index (κ3) is 23.6. The number of hydrogen-bond acceptors (Lipinski definition) is 3. The molecule has 29 heavy (non-hydrogen) atoms. The van der Waals surface area contributed by atoms with Crippen molar-refractivity contribution in [2.45, 2.75) is 161 Å². The first-order chi connectivity index (χ1) is 14.2. The van der Waals surface area contributed by atoms with Crippen molar-refractivity contribution in [1.82, 2.24) is 0 Å². The van der Waals surface area contributed by atoms with E-state index in [1.807, 2.05) is 6.92 Å². The molecule has 1 atom stereocenters. The lowest BCUT2D eigenvalue weighted by molar-refractivity contribution is -0.168. The van der Waals surface area contributed by atoms with Gasteiger partial charge in [-0.25, -0.2) is 0 Å². The molecule has 0 aromatic carbocycles. The minimum Gasteiger partial charge on any atom is -0.436 e. The quantitative estimate of drug-likeness (QED) is 0.104. The molecule has 0 aliphatic rings. The Hall–Kier alpha value is -0.570. The first kappa shape index (κ1) is 28.4. The van der Waals surface area contributed by atoms with E-state index in [2.05, 4.69) is 6.92 Å². The number of rotatable bonds is 23. The average Bonchev–Trinajstić information content (AvgIpc) is 2.70. The Balaban J connectivity index is 3.12. The lowest BCUT2D eigenvalue weighted by Crippen LogP contribution is -2.16. The van der Waals surface area contributed by atoms with Crippen LogP contribution in [0.5, 0.6) is 0 Å². The van der Waals surface area contributed by atoms with Crippen LogP contribution in [0.2, 0.25) is 0 Å². The summed E-state index contributed by atoms with van der Waals surface area (Å²) in [7, 11) is 0. The highest BCUT2D eigenvalue weighted by Crippen LogP contribution is 2.15. The Kier molecular flexibility index (Phi) is 23.2. The highest BCUT2D eigenvalue weighted by Gasteiger charge is 2.09. The molecule has 0 heterocycles. The van der Waals surface area contributed by atoms with Crippen molar-refractivity contribution in [2.75, 3.05) is 0 Å². The van der Waals surface area contributed by atoms with E-state index in [-0.39, 0.29) is 5.97 Å². The second-order valence-electron chi connectivity index (χ2n) is 8.85. The highest BCUT2D eigenvalue weighted by atomic mass is 16.6. The van der Waals surface area contributed by atoms with Crippen LogP contribution in [-0.4, -0.2) is 17.4 Å². The smallest absolute Gasteiger partial charge is 0.308 e. The fourth-order valence-corrected chi connectivity index (χ4v) is 3.86. The van der Waals surface area contributed by atoms with Crippen molar-refractivity contribution in [2.24, 2.45) is 0 Å². The van der Waals surface area contributed by atoms with E-state index in [1.165, 1.54) is 109 Å². The van der Waals surface area contributed by atoms with Crippen molar-refractivity contribution in [3.63, 3.8) is 0 Å². The maximum absolute atomic E-state index is 11.5. The monoisotopic (exact) mass is 412 g/mol. The predicted molar refractivity (Wildman–Crippen MR) is 125 cm³/mol. The summed E-state index contributed by atoms with van der Waals surface area (Å²) in [6, 6.07) is 0. The molecule has 1 unspecified atom stereocenters. The third-order valence-electron chi connectivity index (χ3n) is 5.79. The van der Waals surface area contributed by atoms with E-state index in [4.69, 9.17) is 4.74 Å². The highest BCUT2D eigenvalue weighted by molar-refractivity contribution is 5.69. The zero-order chi connectivity index (χ0) is 21.4. The molecule has 0 aliphatic heterocycles. The zero-order valence-corrected chi connectivity index (χ0v) is 19.9. The Morgan fingerprint density at radius 3 is 1.28 bits per heavy atom. The van der Waals surface area contributed by atoms with Gasteiger partial charge in [-0.2, -0.15) is 0 Å². The van der Waals surface area contributed by atoms with Gasteiger partial charge < -0.3 is 9.84 Å². The van der Waals surface area contributed by atoms with Crippen molar-refractivity contribution in [3.05, 3.63) is 0 Å². The van der Waals surface area contributed by atoms with E-state index in [0.29, 0.717) is 12.8 Å². The number of hydrogen-bond donors (Lipinski definition) is 1. The molecule has 3 nitrogen and oxygen atoms in total. The lowest BCUT2D eigenvalue weighted by atomic mass is 10.0. The minimum atomic E-state index is -0.909. The lowest BCUT2D eigenvalue weighted by Gasteiger charge is -2.10. The van der Waals surface area contributed by atoms with Crippen LogP contribution in [0.15, 0.2) is 0 Å². The van der Waals surface area contributed by atoms with Gasteiger partial charge in [-0.05, 0) is 6.42 Å². The van der Waals surface area contributed by atoms with Gasteiger partial charge in [0.15, 0.2) is 0 Å². The normalized spacial score (nSPS) is 12.2. The second-order valence-corrected chi connectivity index (χ2v) is 8.85. The summed E-state index contributed by atoms with van der Waals surface area (Å²) < 4.78 is 4.94. The predicted octanol–water partition coefficient (Wildman–Crippen LogP) is 8.47. The van der Waals surface area contributed by atoms with E-state index in [1.54, 1.807) is 0 Å². The molecule has 0 rings (SSSR count). The molecular formula is C26H52O3. The SMILES string of the molecule is CCCCCCCCCCCCCCCCCCCCCC(=O)OC(O)CCC. The van der Waals surface area contributed by atoms with Crippen LogP contribution in [0.4, 0.5) is 0 Å². The first-order valence-corrected chi connectivity index (χ1v) is 13.1. The fraction of sp³-hybridized carbons (Fsp3) is 0.962. The number of ether oxygens (including phenoxy) is 1. The number of unbranched alkanes of at least 4 members (excludes halogenated alkanes) is 18. The maximum atomic E-state index is 11.5. The van der Waals surface area contributed by atoms with Crippen LogP contribution >= 0.6 is 0 Å². The molecule has 0 saturated carbocycles. The molecule has 0 radical (unpaired) electrons. The first-order valence-electron chi connectivity index (χ1n) is 13.1. The summed E-state index contributed by atoms with van der Waals surface area (Å²) in [6.07, 6.45) is 26.6. The Morgan fingerprint density at radius 1 is 0.586 bits per heavy atom. The summed E-state index contributed by atoms with van der Waals surface area (Å²) in [5.74, 6) is -0.252. The molecule has 0 aromatic heterocycles. The van der Waals surface area contributed by atoms with Gasteiger partial charge in [-0.3, -0.25) is 4.79 Å². The summed E-state index contributed by atoms with van der Waals surface area (Å²) in [6.45, 7) is 4.25. The second kappa shape index (κ2) is 23.7. The standard InChI is InChI=1S/C26H52O3/c1-3-5-6-7-8-9-10-11-12-13-14-15-16-17-18-19-20-21-22-24-26(28)29-25(27)23-4-2/h25,27H,3-24H2,1-2H3. The van der Waals surface area contributed by atoms with Gasteiger partial charge in [-0.1, -0.05) is 136 Å². The number of aliphatic hydroxyl groups is 1. The van der Waals surface area contributed by atoms with Gasteiger partial charge in [0.05, 0.1) is 0 Å². The van der Waals surface area contributed by atoms with Crippen LogP contribution in [0.3, 0.4) is 0 Å². The van der Waals surface area contributed by atoms with Crippen LogP contribution in [0.25, 0.3) is 0 Å². The molecule has 174 valence electrons. The van der Waals surface area contributed by atoms with E-state index < -0.39 is 6.29 Å². The van der Waals surface area contributed by atoms with E-state index >= 15 is 0 Å². The maximum Gasteiger partial charge on any atom is 0.308 e. The summed E-state index contributed by atoms with van der Waals surface area (Å²) in [5, 5.41) is 9.44. The summed E-state index contributed by atoms with van der Waals surface area (Å²) in [4.78, 5) is 11.5. The molecule has 0 bridgehead atoms. The summed E-state index contributed by atoms with van der Waals surface area (Å²) in [5.41, 5.74) is 0. The molecule has 0 saturated heterocycles. The third-order valence-corrected chi connectivity index (χ3v) is 5.79. The van der Waals surface area contributed by atoms with Crippen LogP contribution in [0, 0.1) is 0 Å². The van der Waals surface area contributed by atoms with E-state index in [0.717, 1.165) is 19.3 Å². The van der Waals surface area contributed by atoms with Crippen LogP contribution < -0.4 is 0 Å². The number of carbonyl (C=O) groups excluding carboxylic acids is 1. The molecule has 3 heteroatoms. The Bertz CT molecular complexity index is 330. The Morgan fingerprint density at radius 2 is 0.931 bits per heavy atom. The average molecular weight is 413 g/mol. The molecular weight excluding hydrogens is 360 g/mol. The minimum absolute atomic E-state index is 0.252. The van der Waals surface area contributed by atoms with Gasteiger partial charge in [0, 0.05) is 12.8 Å².